The third-order valence-electron chi connectivity index (χ3n) is 3.24. The Morgan fingerprint density at radius 2 is 2.00 bits per heavy atom. The number of furan rings is 1. The summed E-state index contributed by atoms with van der Waals surface area (Å²) in [5.74, 6) is 0.720. The van der Waals surface area contributed by atoms with Gasteiger partial charge in [-0.2, -0.15) is 0 Å². The summed E-state index contributed by atoms with van der Waals surface area (Å²) in [6.45, 7) is 3.86. The number of hydrogen-bond acceptors (Lipinski definition) is 3. The minimum absolute atomic E-state index is 0. The van der Waals surface area contributed by atoms with Gasteiger partial charge in [0.05, 0.1) is 12.8 Å². The fourth-order valence-corrected chi connectivity index (χ4v) is 1.91. The monoisotopic (exact) mass is 415 g/mol. The van der Waals surface area contributed by atoms with Crippen LogP contribution in [0.15, 0.2) is 52.1 Å². The van der Waals surface area contributed by atoms with Crippen LogP contribution in [0.5, 0.6) is 0 Å². The van der Waals surface area contributed by atoms with Gasteiger partial charge >= 0.3 is 0 Å². The van der Waals surface area contributed by atoms with E-state index in [-0.39, 0.29) is 36.5 Å². The summed E-state index contributed by atoms with van der Waals surface area (Å²) in [6.07, 6.45) is 2.51. The fraction of sp³-hybridized carbons (Fsp3) is 0.312. The molecule has 5 nitrogen and oxygen atoms in total. The zero-order chi connectivity index (χ0) is 15.3. The molecule has 1 aromatic carbocycles. The highest BCUT2D eigenvalue weighted by atomic mass is 127. The van der Waals surface area contributed by atoms with E-state index in [1.165, 1.54) is 11.8 Å². The van der Waals surface area contributed by atoms with Crippen LogP contribution in [-0.4, -0.2) is 17.6 Å². The average Bonchev–Trinajstić information content (AvgIpc) is 3.01. The molecule has 1 aromatic heterocycles. The van der Waals surface area contributed by atoms with Gasteiger partial charge in [0.25, 0.3) is 0 Å². The number of nitrogens with two attached hydrogens (primary N) is 1. The zero-order valence-corrected chi connectivity index (χ0v) is 15.1. The van der Waals surface area contributed by atoms with Gasteiger partial charge in [0.2, 0.25) is 0 Å². The number of halogens is 1. The normalized spacial score (nSPS) is 14.0. The second-order valence-electron chi connectivity index (χ2n) is 5.13. The molecule has 0 spiro atoms. The predicted octanol–water partition coefficient (Wildman–Crippen LogP) is 3.09. The first-order chi connectivity index (χ1) is 10.0. The van der Waals surface area contributed by atoms with E-state index in [9.17, 15) is 5.11 Å². The summed E-state index contributed by atoms with van der Waals surface area (Å²) in [5, 5.41) is 13.3. The number of aliphatic hydroxyl groups is 1. The van der Waals surface area contributed by atoms with Crippen molar-refractivity contribution < 1.29 is 9.52 Å². The minimum atomic E-state index is -1.18. The number of guanidine groups is 1. The van der Waals surface area contributed by atoms with Gasteiger partial charge < -0.3 is 20.6 Å². The number of aryl methyl sites for hydroxylation is 1. The van der Waals surface area contributed by atoms with Crippen LogP contribution in [0.1, 0.15) is 25.2 Å². The van der Waals surface area contributed by atoms with E-state index in [0.717, 1.165) is 12.1 Å². The molecule has 0 aliphatic rings. The summed E-state index contributed by atoms with van der Waals surface area (Å²) < 4.78 is 5.19. The van der Waals surface area contributed by atoms with Crippen LogP contribution < -0.4 is 11.1 Å². The topological polar surface area (TPSA) is 83.8 Å². The summed E-state index contributed by atoms with van der Waals surface area (Å²) >= 11 is 0. The van der Waals surface area contributed by atoms with Crippen LogP contribution in [0.2, 0.25) is 0 Å². The Morgan fingerprint density at radius 3 is 2.55 bits per heavy atom. The van der Waals surface area contributed by atoms with Crippen molar-refractivity contribution in [1.82, 2.24) is 0 Å². The molecule has 22 heavy (non-hydrogen) atoms. The lowest BCUT2D eigenvalue weighted by Crippen LogP contribution is -2.29. The molecule has 4 N–H and O–H groups in total. The maximum absolute atomic E-state index is 10.3. The first-order valence-electron chi connectivity index (χ1n) is 6.93. The third-order valence-corrected chi connectivity index (χ3v) is 3.24. The van der Waals surface area contributed by atoms with E-state index >= 15 is 0 Å². The SMILES string of the molecule is CCc1ccc(NC(N)=NCC(C)(O)c2ccco2)cc1.I. The summed E-state index contributed by atoms with van der Waals surface area (Å²) in [6, 6.07) is 11.4. The van der Waals surface area contributed by atoms with Crippen molar-refractivity contribution in [2.75, 3.05) is 11.9 Å². The molecule has 6 heteroatoms. The Morgan fingerprint density at radius 1 is 1.32 bits per heavy atom. The van der Waals surface area contributed by atoms with Crippen molar-refractivity contribution in [2.24, 2.45) is 10.7 Å². The minimum Gasteiger partial charge on any atom is -0.466 e. The molecule has 2 aromatic rings. The largest absolute Gasteiger partial charge is 0.466 e. The van der Waals surface area contributed by atoms with E-state index in [2.05, 4.69) is 17.2 Å². The highest BCUT2D eigenvalue weighted by Gasteiger charge is 2.25. The van der Waals surface area contributed by atoms with Gasteiger partial charge in [-0.25, -0.2) is 4.99 Å². The molecule has 1 unspecified atom stereocenters. The van der Waals surface area contributed by atoms with E-state index in [1.54, 1.807) is 19.1 Å². The molecule has 2 rings (SSSR count). The number of nitrogens with one attached hydrogen (secondary N) is 1. The second kappa shape index (κ2) is 8.19. The number of aliphatic imine (C=N–C) groups is 1. The van der Waals surface area contributed by atoms with Crippen LogP contribution in [0.4, 0.5) is 5.69 Å². The number of benzene rings is 1. The van der Waals surface area contributed by atoms with Crippen molar-refractivity contribution in [3.63, 3.8) is 0 Å². The molecule has 0 saturated heterocycles. The number of anilines is 1. The maximum Gasteiger partial charge on any atom is 0.193 e. The lowest BCUT2D eigenvalue weighted by Gasteiger charge is -2.18. The molecule has 0 radical (unpaired) electrons. The molecule has 120 valence electrons. The van der Waals surface area contributed by atoms with Crippen LogP contribution in [0.3, 0.4) is 0 Å². The van der Waals surface area contributed by atoms with E-state index in [4.69, 9.17) is 10.2 Å². The number of rotatable bonds is 5. The Hall–Kier alpha value is -1.54. The molecular weight excluding hydrogens is 393 g/mol. The molecule has 1 atom stereocenters. The van der Waals surface area contributed by atoms with Gasteiger partial charge in [-0.05, 0) is 43.2 Å². The molecular formula is C16H22IN3O2. The van der Waals surface area contributed by atoms with Crippen LogP contribution in [0, 0.1) is 0 Å². The van der Waals surface area contributed by atoms with E-state index in [0.29, 0.717) is 5.76 Å². The van der Waals surface area contributed by atoms with Crippen LogP contribution in [-0.2, 0) is 12.0 Å². The lowest BCUT2D eigenvalue weighted by atomic mass is 10.0. The van der Waals surface area contributed by atoms with Crippen molar-refractivity contribution in [1.29, 1.82) is 0 Å². The van der Waals surface area contributed by atoms with Gasteiger partial charge in [0.1, 0.15) is 11.4 Å². The van der Waals surface area contributed by atoms with E-state index < -0.39 is 5.60 Å². The molecule has 0 aliphatic carbocycles. The Bertz CT molecular complexity index is 592. The van der Waals surface area contributed by atoms with Gasteiger partial charge in [0, 0.05) is 5.69 Å². The highest BCUT2D eigenvalue weighted by Crippen LogP contribution is 2.21. The number of hydrogen-bond donors (Lipinski definition) is 3. The summed E-state index contributed by atoms with van der Waals surface area (Å²) in [5.41, 5.74) is 6.78. The zero-order valence-electron chi connectivity index (χ0n) is 12.7. The molecule has 0 bridgehead atoms. The Kier molecular flexibility index (Phi) is 6.89. The molecule has 0 saturated carbocycles. The molecule has 0 aliphatic heterocycles. The molecule has 0 amide bonds. The van der Waals surface area contributed by atoms with Gasteiger partial charge in [-0.15, -0.1) is 24.0 Å². The lowest BCUT2D eigenvalue weighted by molar-refractivity contribution is 0.0438. The van der Waals surface area contributed by atoms with Crippen LogP contribution in [0.25, 0.3) is 0 Å². The highest BCUT2D eigenvalue weighted by molar-refractivity contribution is 14.0. The van der Waals surface area contributed by atoms with Crippen molar-refractivity contribution >= 4 is 35.6 Å². The average molecular weight is 415 g/mol. The summed E-state index contributed by atoms with van der Waals surface area (Å²) in [7, 11) is 0. The first-order valence-corrected chi connectivity index (χ1v) is 6.93. The fourth-order valence-electron chi connectivity index (χ4n) is 1.91. The first kappa shape index (κ1) is 18.5. The van der Waals surface area contributed by atoms with Crippen molar-refractivity contribution in [3.8, 4) is 0 Å². The maximum atomic E-state index is 10.3. The Labute approximate surface area is 147 Å². The van der Waals surface area contributed by atoms with Crippen molar-refractivity contribution in [2.45, 2.75) is 25.9 Å². The standard InChI is InChI=1S/C16H21N3O2.HI/c1-3-12-6-8-13(9-7-12)19-15(17)18-11-16(2,20)14-5-4-10-21-14;/h4-10,20H,3,11H2,1-2H3,(H3,17,18,19);1H. The van der Waals surface area contributed by atoms with E-state index in [1.807, 2.05) is 24.3 Å². The quantitative estimate of drug-likeness (QED) is 0.398. The smallest absolute Gasteiger partial charge is 0.193 e. The Balaban J connectivity index is 0.00000242. The second-order valence-corrected chi connectivity index (χ2v) is 5.13. The third kappa shape index (κ3) is 5.03. The number of nitrogens with zero attached hydrogens (tertiary/aromatic N) is 1. The van der Waals surface area contributed by atoms with Crippen molar-refractivity contribution in [3.05, 3.63) is 54.0 Å². The van der Waals surface area contributed by atoms with Gasteiger partial charge in [0.15, 0.2) is 5.96 Å². The molecule has 1 heterocycles. The molecule has 0 fully saturated rings. The van der Waals surface area contributed by atoms with Crippen LogP contribution >= 0.6 is 24.0 Å². The van der Waals surface area contributed by atoms with Gasteiger partial charge in [-0.3, -0.25) is 0 Å². The van der Waals surface area contributed by atoms with Gasteiger partial charge in [-0.1, -0.05) is 19.1 Å². The summed E-state index contributed by atoms with van der Waals surface area (Å²) in [4.78, 5) is 4.16. The predicted molar refractivity (Wildman–Crippen MR) is 99.6 cm³/mol.